The Morgan fingerprint density at radius 2 is 2.06 bits per heavy atom. The van der Waals surface area contributed by atoms with Crippen molar-refractivity contribution in [2.75, 3.05) is 0 Å². The minimum absolute atomic E-state index is 0.0831. The summed E-state index contributed by atoms with van der Waals surface area (Å²) in [4.78, 5) is 24.0. The van der Waals surface area contributed by atoms with Gasteiger partial charge in [-0.05, 0) is 23.3 Å². The SMILES string of the molecule is C#CCC(=O)N1Cc2ccc(C(=O)O)cc2C1. The van der Waals surface area contributed by atoms with Gasteiger partial charge in [0.1, 0.15) is 0 Å². The van der Waals surface area contributed by atoms with Crippen LogP contribution >= 0.6 is 0 Å². The quantitative estimate of drug-likeness (QED) is 0.776. The van der Waals surface area contributed by atoms with E-state index in [2.05, 4.69) is 5.92 Å². The molecule has 0 radical (unpaired) electrons. The van der Waals surface area contributed by atoms with Gasteiger partial charge in [0.15, 0.2) is 0 Å². The van der Waals surface area contributed by atoms with Gasteiger partial charge >= 0.3 is 5.97 Å². The molecule has 17 heavy (non-hydrogen) atoms. The topological polar surface area (TPSA) is 57.6 Å². The Morgan fingerprint density at radius 3 is 2.71 bits per heavy atom. The Morgan fingerprint density at radius 1 is 1.35 bits per heavy atom. The number of aromatic carboxylic acids is 1. The average Bonchev–Trinajstić information content (AvgIpc) is 2.71. The molecule has 1 heterocycles. The highest BCUT2D eigenvalue weighted by atomic mass is 16.4. The normalized spacial score (nSPS) is 13.0. The van der Waals surface area contributed by atoms with Crippen LogP contribution in [-0.2, 0) is 17.9 Å². The van der Waals surface area contributed by atoms with Gasteiger partial charge in [0.2, 0.25) is 5.91 Å². The smallest absolute Gasteiger partial charge is 0.335 e. The summed E-state index contributed by atoms with van der Waals surface area (Å²) in [7, 11) is 0. The van der Waals surface area contributed by atoms with Crippen molar-refractivity contribution in [3.8, 4) is 12.3 Å². The molecule has 1 N–H and O–H groups in total. The number of carboxylic acids is 1. The van der Waals surface area contributed by atoms with Crippen molar-refractivity contribution >= 4 is 11.9 Å². The summed E-state index contributed by atoms with van der Waals surface area (Å²) in [5, 5.41) is 8.87. The lowest BCUT2D eigenvalue weighted by Gasteiger charge is -2.12. The summed E-state index contributed by atoms with van der Waals surface area (Å²) in [5.41, 5.74) is 2.12. The lowest BCUT2D eigenvalue weighted by molar-refractivity contribution is -0.130. The molecule has 2 rings (SSSR count). The van der Waals surface area contributed by atoms with Crippen LogP contribution in [0.15, 0.2) is 18.2 Å². The summed E-state index contributed by atoms with van der Waals surface area (Å²) in [5.74, 6) is 1.26. The third kappa shape index (κ3) is 2.13. The van der Waals surface area contributed by atoms with Crippen LogP contribution in [0.5, 0.6) is 0 Å². The molecule has 1 aromatic rings. The number of carboxylic acid groups (broad SMARTS) is 1. The number of amides is 1. The minimum Gasteiger partial charge on any atom is -0.478 e. The van der Waals surface area contributed by atoms with E-state index >= 15 is 0 Å². The second kappa shape index (κ2) is 4.30. The molecule has 0 bridgehead atoms. The lowest BCUT2D eigenvalue weighted by atomic mass is 10.1. The van der Waals surface area contributed by atoms with Crippen molar-refractivity contribution in [1.29, 1.82) is 0 Å². The van der Waals surface area contributed by atoms with Gasteiger partial charge < -0.3 is 10.0 Å². The molecule has 1 aliphatic heterocycles. The fourth-order valence-electron chi connectivity index (χ4n) is 1.90. The first-order valence-electron chi connectivity index (χ1n) is 5.18. The molecule has 4 nitrogen and oxygen atoms in total. The molecule has 0 fully saturated rings. The summed E-state index contributed by atoms with van der Waals surface area (Å²) in [6.45, 7) is 0.951. The van der Waals surface area contributed by atoms with Gasteiger partial charge in [0.05, 0.1) is 12.0 Å². The van der Waals surface area contributed by atoms with Crippen LogP contribution in [0.2, 0.25) is 0 Å². The van der Waals surface area contributed by atoms with Crippen LogP contribution in [0.1, 0.15) is 27.9 Å². The molecule has 1 amide bonds. The fourth-order valence-corrected chi connectivity index (χ4v) is 1.90. The molecule has 86 valence electrons. The monoisotopic (exact) mass is 229 g/mol. The molecule has 0 spiro atoms. The Hall–Kier alpha value is -2.28. The molecule has 4 heteroatoms. The zero-order valence-electron chi connectivity index (χ0n) is 9.14. The van der Waals surface area contributed by atoms with Crippen LogP contribution < -0.4 is 0 Å². The predicted octanol–water partition coefficient (Wildman–Crippen LogP) is 1.25. The Bertz CT molecular complexity index is 528. The van der Waals surface area contributed by atoms with E-state index in [4.69, 9.17) is 11.5 Å². The first-order chi connectivity index (χ1) is 8.11. The maximum Gasteiger partial charge on any atom is 0.335 e. The van der Waals surface area contributed by atoms with Crippen molar-refractivity contribution in [2.45, 2.75) is 19.5 Å². The third-order valence-corrected chi connectivity index (χ3v) is 2.78. The number of hydrogen-bond acceptors (Lipinski definition) is 2. The molecule has 0 saturated heterocycles. The summed E-state index contributed by atoms with van der Waals surface area (Å²) in [6, 6.07) is 4.92. The highest BCUT2D eigenvalue weighted by Gasteiger charge is 2.23. The van der Waals surface area contributed by atoms with Crippen LogP contribution in [0.3, 0.4) is 0 Å². The number of carbonyl (C=O) groups excluding carboxylic acids is 1. The van der Waals surface area contributed by atoms with E-state index in [1.54, 1.807) is 23.1 Å². The third-order valence-electron chi connectivity index (χ3n) is 2.78. The van der Waals surface area contributed by atoms with E-state index < -0.39 is 5.97 Å². The minimum atomic E-state index is -0.957. The van der Waals surface area contributed by atoms with Crippen LogP contribution in [0, 0.1) is 12.3 Å². The molecule has 0 aliphatic carbocycles. The van der Waals surface area contributed by atoms with E-state index in [1.807, 2.05) is 0 Å². The summed E-state index contributed by atoms with van der Waals surface area (Å²) < 4.78 is 0. The summed E-state index contributed by atoms with van der Waals surface area (Å²) in [6.07, 6.45) is 5.17. The fraction of sp³-hybridized carbons (Fsp3) is 0.231. The second-order valence-corrected chi connectivity index (χ2v) is 3.92. The lowest BCUT2D eigenvalue weighted by Crippen LogP contribution is -2.24. The number of benzene rings is 1. The van der Waals surface area contributed by atoms with Crippen molar-refractivity contribution in [2.24, 2.45) is 0 Å². The van der Waals surface area contributed by atoms with Crippen LogP contribution in [-0.4, -0.2) is 21.9 Å². The van der Waals surface area contributed by atoms with E-state index in [1.165, 1.54) is 0 Å². The van der Waals surface area contributed by atoms with Gasteiger partial charge in [-0.25, -0.2) is 4.79 Å². The largest absolute Gasteiger partial charge is 0.478 e. The van der Waals surface area contributed by atoms with Gasteiger partial charge in [0, 0.05) is 13.1 Å². The van der Waals surface area contributed by atoms with Gasteiger partial charge in [-0.1, -0.05) is 12.0 Å². The molecule has 0 aromatic heterocycles. The highest BCUT2D eigenvalue weighted by Crippen LogP contribution is 2.24. The van der Waals surface area contributed by atoms with Crippen molar-refractivity contribution in [3.63, 3.8) is 0 Å². The summed E-state index contributed by atoms with van der Waals surface area (Å²) >= 11 is 0. The van der Waals surface area contributed by atoms with Crippen molar-refractivity contribution < 1.29 is 14.7 Å². The number of terminal acetylenes is 1. The predicted molar refractivity (Wildman–Crippen MR) is 61.1 cm³/mol. The molecular weight excluding hydrogens is 218 g/mol. The maximum absolute atomic E-state index is 11.6. The van der Waals surface area contributed by atoms with E-state index in [0.717, 1.165) is 11.1 Å². The number of rotatable bonds is 2. The van der Waals surface area contributed by atoms with Gasteiger partial charge in [-0.2, -0.15) is 0 Å². The first kappa shape index (κ1) is 11.2. The highest BCUT2D eigenvalue weighted by molar-refractivity contribution is 5.88. The molecule has 1 aliphatic rings. The standard InChI is InChI=1S/C13H11NO3/c1-2-3-12(15)14-7-10-5-4-9(13(16)17)6-11(10)8-14/h1,4-6H,3,7-8H2,(H,16,17). The number of nitrogens with zero attached hydrogens (tertiary/aromatic N) is 1. The Kier molecular flexibility index (Phi) is 2.84. The average molecular weight is 229 g/mol. The van der Waals surface area contributed by atoms with Crippen molar-refractivity contribution in [3.05, 3.63) is 34.9 Å². The van der Waals surface area contributed by atoms with Gasteiger partial charge in [-0.3, -0.25) is 4.79 Å². The molecule has 1 aromatic carbocycles. The second-order valence-electron chi connectivity index (χ2n) is 3.92. The molecular formula is C13H11NO3. The molecule has 0 unspecified atom stereocenters. The van der Waals surface area contributed by atoms with Crippen LogP contribution in [0.25, 0.3) is 0 Å². The van der Waals surface area contributed by atoms with E-state index in [-0.39, 0.29) is 17.9 Å². The molecule has 0 saturated carbocycles. The number of hydrogen-bond donors (Lipinski definition) is 1. The van der Waals surface area contributed by atoms with Gasteiger partial charge in [0.25, 0.3) is 0 Å². The molecule has 0 atom stereocenters. The number of fused-ring (bicyclic) bond motifs is 1. The van der Waals surface area contributed by atoms with E-state index in [0.29, 0.717) is 13.1 Å². The van der Waals surface area contributed by atoms with E-state index in [9.17, 15) is 9.59 Å². The Labute approximate surface area is 98.9 Å². The van der Waals surface area contributed by atoms with Crippen molar-refractivity contribution in [1.82, 2.24) is 4.90 Å². The van der Waals surface area contributed by atoms with Crippen LogP contribution in [0.4, 0.5) is 0 Å². The first-order valence-corrected chi connectivity index (χ1v) is 5.18. The zero-order chi connectivity index (χ0) is 12.4. The number of carbonyl (C=O) groups is 2. The zero-order valence-corrected chi connectivity index (χ0v) is 9.14. The maximum atomic E-state index is 11.6. The van der Waals surface area contributed by atoms with Gasteiger partial charge in [-0.15, -0.1) is 6.42 Å². The Balaban J connectivity index is 2.20.